The molecule has 2 atom stereocenters. The Morgan fingerprint density at radius 2 is 1.65 bits per heavy atom. The van der Waals surface area contributed by atoms with Crippen molar-refractivity contribution >= 4 is 9.84 Å². The third-order valence-corrected chi connectivity index (χ3v) is 5.50. The fourth-order valence-electron chi connectivity index (χ4n) is 2.79. The summed E-state index contributed by atoms with van der Waals surface area (Å²) in [5.41, 5.74) is -4.41. The predicted octanol–water partition coefficient (Wildman–Crippen LogP) is 2.43. The van der Waals surface area contributed by atoms with Crippen LogP contribution in [-0.2, 0) is 16.4 Å². The number of likely N-dealkylation sites (tertiary alicyclic amines) is 1. The quantitative estimate of drug-likeness (QED) is 0.861. The molecular weight excluding hydrogens is 291 g/mol. The first-order valence-electron chi connectivity index (χ1n) is 6.40. The van der Waals surface area contributed by atoms with Gasteiger partial charge in [0.05, 0.1) is 4.90 Å². The molecule has 20 heavy (non-hydrogen) atoms. The van der Waals surface area contributed by atoms with Crippen molar-refractivity contribution in [3.05, 3.63) is 29.8 Å². The standard InChI is InChI=1S/C13H14F3NO2S/c14-13(15,16)20(18,19)12-3-1-9(2-4-12)6-17-7-10-5-11(10)8-17/h1-4,10-11H,5-8H2. The Hall–Kier alpha value is -1.08. The Kier molecular flexibility index (Phi) is 3.10. The minimum atomic E-state index is -5.25. The van der Waals surface area contributed by atoms with E-state index in [0.29, 0.717) is 6.54 Å². The van der Waals surface area contributed by atoms with Crippen molar-refractivity contribution in [2.75, 3.05) is 13.1 Å². The molecule has 1 saturated heterocycles. The molecule has 0 N–H and O–H groups in total. The zero-order valence-electron chi connectivity index (χ0n) is 10.6. The maximum absolute atomic E-state index is 12.4. The van der Waals surface area contributed by atoms with Crippen molar-refractivity contribution in [1.29, 1.82) is 0 Å². The molecular formula is C13H14F3NO2S. The van der Waals surface area contributed by atoms with Crippen molar-refractivity contribution in [3.8, 4) is 0 Å². The second kappa shape index (κ2) is 4.46. The summed E-state index contributed by atoms with van der Waals surface area (Å²) in [4.78, 5) is 1.56. The Morgan fingerprint density at radius 3 is 2.15 bits per heavy atom. The number of nitrogens with zero attached hydrogens (tertiary/aromatic N) is 1. The van der Waals surface area contributed by atoms with E-state index in [9.17, 15) is 21.6 Å². The normalized spacial score (nSPS) is 26.6. The summed E-state index contributed by atoms with van der Waals surface area (Å²) in [7, 11) is -5.24. The van der Waals surface area contributed by atoms with Crippen LogP contribution in [-0.4, -0.2) is 31.9 Å². The molecule has 2 aliphatic rings. The van der Waals surface area contributed by atoms with E-state index in [2.05, 4.69) is 4.90 Å². The lowest BCUT2D eigenvalue weighted by atomic mass is 10.2. The van der Waals surface area contributed by atoms with Gasteiger partial charge >= 0.3 is 5.51 Å². The molecule has 0 bridgehead atoms. The zero-order valence-corrected chi connectivity index (χ0v) is 11.4. The summed E-state index contributed by atoms with van der Waals surface area (Å²) in [5.74, 6) is 1.58. The highest BCUT2D eigenvalue weighted by Crippen LogP contribution is 2.45. The number of rotatable bonds is 3. The van der Waals surface area contributed by atoms with Crippen LogP contribution < -0.4 is 0 Å². The number of hydrogen-bond acceptors (Lipinski definition) is 3. The van der Waals surface area contributed by atoms with Crippen LogP contribution in [0.3, 0.4) is 0 Å². The average Bonchev–Trinajstić information content (AvgIpc) is 2.96. The SMILES string of the molecule is O=S(=O)(c1ccc(CN2CC3CC3C2)cc1)C(F)(F)F. The molecule has 1 aromatic carbocycles. The van der Waals surface area contributed by atoms with Crippen molar-refractivity contribution in [2.24, 2.45) is 11.8 Å². The van der Waals surface area contributed by atoms with Crippen molar-refractivity contribution in [3.63, 3.8) is 0 Å². The highest BCUT2D eigenvalue weighted by Gasteiger charge is 2.47. The lowest BCUT2D eigenvalue weighted by Gasteiger charge is -2.17. The van der Waals surface area contributed by atoms with E-state index in [4.69, 9.17) is 0 Å². The average molecular weight is 305 g/mol. The Bertz CT molecular complexity index is 599. The van der Waals surface area contributed by atoms with Crippen molar-refractivity contribution in [2.45, 2.75) is 23.4 Å². The summed E-state index contributed by atoms with van der Waals surface area (Å²) < 4.78 is 59.6. The van der Waals surface area contributed by atoms with E-state index in [1.165, 1.54) is 18.6 Å². The Balaban J connectivity index is 1.71. The lowest BCUT2D eigenvalue weighted by molar-refractivity contribution is -0.0436. The first-order valence-corrected chi connectivity index (χ1v) is 7.88. The third-order valence-electron chi connectivity index (χ3n) is 4.00. The highest BCUT2D eigenvalue weighted by molar-refractivity contribution is 7.92. The number of sulfone groups is 1. The first kappa shape index (κ1) is 13.9. The molecule has 0 radical (unpaired) electrons. The summed E-state index contributed by atoms with van der Waals surface area (Å²) >= 11 is 0. The predicted molar refractivity (Wildman–Crippen MR) is 66.6 cm³/mol. The second-order valence-corrected chi connectivity index (χ2v) is 7.48. The van der Waals surface area contributed by atoms with E-state index in [-0.39, 0.29) is 0 Å². The van der Waals surface area contributed by atoms with E-state index in [1.807, 2.05) is 0 Å². The van der Waals surface area contributed by atoms with Gasteiger partial charge in [-0.15, -0.1) is 0 Å². The van der Waals surface area contributed by atoms with Crippen LogP contribution in [0.5, 0.6) is 0 Å². The van der Waals surface area contributed by atoms with E-state index < -0.39 is 20.2 Å². The minimum Gasteiger partial charge on any atom is -0.299 e. The van der Waals surface area contributed by atoms with Gasteiger partial charge in [-0.2, -0.15) is 13.2 Å². The zero-order chi connectivity index (χ0) is 14.5. The van der Waals surface area contributed by atoms with Gasteiger partial charge < -0.3 is 0 Å². The molecule has 1 aliphatic heterocycles. The smallest absolute Gasteiger partial charge is 0.299 e. The number of benzene rings is 1. The van der Waals surface area contributed by atoms with Gasteiger partial charge in [0.2, 0.25) is 0 Å². The number of fused-ring (bicyclic) bond motifs is 1. The monoisotopic (exact) mass is 305 g/mol. The molecule has 110 valence electrons. The maximum atomic E-state index is 12.4. The van der Waals surface area contributed by atoms with Crippen molar-refractivity contribution < 1.29 is 21.6 Å². The molecule has 0 spiro atoms. The van der Waals surface area contributed by atoms with Gasteiger partial charge in [-0.3, -0.25) is 4.90 Å². The van der Waals surface area contributed by atoms with Crippen LogP contribution in [0.15, 0.2) is 29.2 Å². The molecule has 1 aromatic rings. The highest BCUT2D eigenvalue weighted by atomic mass is 32.2. The molecule has 1 saturated carbocycles. The molecule has 0 aromatic heterocycles. The number of halogens is 3. The van der Waals surface area contributed by atoms with Crippen LogP contribution in [0.1, 0.15) is 12.0 Å². The van der Waals surface area contributed by atoms with Crippen LogP contribution in [0.2, 0.25) is 0 Å². The van der Waals surface area contributed by atoms with E-state index in [0.717, 1.165) is 42.6 Å². The van der Waals surface area contributed by atoms with Crippen LogP contribution in [0, 0.1) is 11.8 Å². The maximum Gasteiger partial charge on any atom is 0.501 e. The minimum absolute atomic E-state index is 0.666. The van der Waals surface area contributed by atoms with E-state index >= 15 is 0 Å². The van der Waals surface area contributed by atoms with Crippen LogP contribution in [0.25, 0.3) is 0 Å². The molecule has 1 heterocycles. The Morgan fingerprint density at radius 1 is 1.10 bits per heavy atom. The fourth-order valence-corrected chi connectivity index (χ4v) is 3.55. The summed E-state index contributed by atoms with van der Waals surface area (Å²) in [6.45, 7) is 2.74. The molecule has 2 unspecified atom stereocenters. The number of piperidine rings is 1. The largest absolute Gasteiger partial charge is 0.501 e. The van der Waals surface area contributed by atoms with Gasteiger partial charge in [0.15, 0.2) is 0 Å². The first-order chi connectivity index (χ1) is 9.27. The molecule has 3 rings (SSSR count). The van der Waals surface area contributed by atoms with Gasteiger partial charge in [-0.1, -0.05) is 12.1 Å². The Labute approximate surface area is 115 Å². The molecule has 3 nitrogen and oxygen atoms in total. The lowest BCUT2D eigenvalue weighted by Crippen LogP contribution is -2.24. The second-order valence-electron chi connectivity index (χ2n) is 5.54. The van der Waals surface area contributed by atoms with Gasteiger partial charge in [-0.25, -0.2) is 8.42 Å². The van der Waals surface area contributed by atoms with Gasteiger partial charge in [0, 0.05) is 19.6 Å². The fraction of sp³-hybridized carbons (Fsp3) is 0.538. The number of hydrogen-bond donors (Lipinski definition) is 0. The molecule has 2 fully saturated rings. The summed E-state index contributed by atoms with van der Waals surface area (Å²) in [5, 5.41) is 0. The van der Waals surface area contributed by atoms with E-state index in [1.54, 1.807) is 0 Å². The number of alkyl halides is 3. The summed E-state index contributed by atoms with van der Waals surface area (Å²) in [6.07, 6.45) is 1.29. The van der Waals surface area contributed by atoms with Crippen LogP contribution in [0.4, 0.5) is 13.2 Å². The van der Waals surface area contributed by atoms with Gasteiger partial charge in [0.1, 0.15) is 0 Å². The van der Waals surface area contributed by atoms with Gasteiger partial charge in [0.25, 0.3) is 9.84 Å². The third kappa shape index (κ3) is 2.44. The summed E-state index contributed by atoms with van der Waals surface area (Å²) in [6, 6.07) is 5.00. The van der Waals surface area contributed by atoms with Gasteiger partial charge in [-0.05, 0) is 36.0 Å². The molecule has 0 amide bonds. The molecule has 1 aliphatic carbocycles. The van der Waals surface area contributed by atoms with Crippen molar-refractivity contribution in [1.82, 2.24) is 4.90 Å². The molecule has 7 heteroatoms. The topological polar surface area (TPSA) is 37.4 Å². The van der Waals surface area contributed by atoms with Crippen LogP contribution >= 0.6 is 0 Å².